The summed E-state index contributed by atoms with van der Waals surface area (Å²) >= 11 is 0. The number of rotatable bonds is 5. The molecular weight excluding hydrogens is 266 g/mol. The number of anilines is 1. The molecule has 0 saturated heterocycles. The molecule has 0 bridgehead atoms. The first kappa shape index (κ1) is 15.4. The topological polar surface area (TPSA) is 61.4 Å². The average molecular weight is 289 g/mol. The lowest BCUT2D eigenvalue weighted by atomic mass is 9.97. The summed E-state index contributed by atoms with van der Waals surface area (Å²) in [6.45, 7) is 5.92. The lowest BCUT2D eigenvalue weighted by molar-refractivity contribution is -0.121. The van der Waals surface area contributed by atoms with Crippen LogP contribution in [0.25, 0.3) is 0 Å². The van der Waals surface area contributed by atoms with Crippen LogP contribution < -0.4 is 10.6 Å². The second kappa shape index (κ2) is 7.11. The van der Waals surface area contributed by atoms with E-state index in [1.165, 1.54) is 0 Å². The highest BCUT2D eigenvalue weighted by atomic mass is 16.2. The molecule has 21 heavy (non-hydrogen) atoms. The van der Waals surface area contributed by atoms with Gasteiger partial charge in [-0.3, -0.25) is 9.59 Å². The average Bonchev–Trinajstić information content (AvgIpc) is 2.51. The maximum Gasteiger partial charge on any atom is 0.254 e. The summed E-state index contributed by atoms with van der Waals surface area (Å²) in [7, 11) is 0. The van der Waals surface area contributed by atoms with Crippen LogP contribution in [0.2, 0.25) is 0 Å². The largest absolute Gasteiger partial charge is 0.385 e. The van der Waals surface area contributed by atoms with Gasteiger partial charge in [0.1, 0.15) is 0 Å². The van der Waals surface area contributed by atoms with Crippen molar-refractivity contribution in [2.24, 2.45) is 0 Å². The van der Waals surface area contributed by atoms with Crippen molar-refractivity contribution in [3.63, 3.8) is 0 Å². The number of amides is 2. The first-order chi connectivity index (χ1) is 10.2. The molecule has 0 radical (unpaired) electrons. The molecule has 1 heterocycles. The third kappa shape index (κ3) is 3.54. The number of hydrogen-bond acceptors (Lipinski definition) is 3. The summed E-state index contributed by atoms with van der Waals surface area (Å²) in [5, 5.41) is 6.06. The molecule has 5 heteroatoms. The summed E-state index contributed by atoms with van der Waals surface area (Å²) in [5.41, 5.74) is 2.83. The van der Waals surface area contributed by atoms with E-state index in [9.17, 15) is 9.59 Å². The standard InChI is InChI=1S/C16H23N3O2/c1-3-17-15(20)11-19(4-2)16(21)13-7-5-9-14-12(13)8-6-10-18-14/h5,7,9,18H,3-4,6,8,10-11H2,1-2H3,(H,17,20). The van der Waals surface area contributed by atoms with Gasteiger partial charge in [0, 0.05) is 30.9 Å². The van der Waals surface area contributed by atoms with Crippen LogP contribution in [0, 0.1) is 0 Å². The third-order valence-electron chi connectivity index (χ3n) is 3.70. The second-order valence-electron chi connectivity index (χ2n) is 5.13. The SMILES string of the molecule is CCNC(=O)CN(CC)C(=O)c1cccc2c1CCCN2. The van der Waals surface area contributed by atoms with Gasteiger partial charge in [0.25, 0.3) is 5.91 Å². The van der Waals surface area contributed by atoms with E-state index in [0.29, 0.717) is 18.7 Å². The minimum Gasteiger partial charge on any atom is -0.385 e. The first-order valence-electron chi connectivity index (χ1n) is 7.59. The molecule has 0 aliphatic carbocycles. The number of likely N-dealkylation sites (N-methyl/N-ethyl adjacent to an activating group) is 2. The summed E-state index contributed by atoms with van der Waals surface area (Å²) in [5.74, 6) is -0.181. The molecule has 2 rings (SSSR count). The molecule has 0 spiro atoms. The molecule has 0 saturated carbocycles. The molecule has 1 aromatic rings. The van der Waals surface area contributed by atoms with E-state index >= 15 is 0 Å². The van der Waals surface area contributed by atoms with Gasteiger partial charge in [-0.05, 0) is 44.4 Å². The van der Waals surface area contributed by atoms with E-state index in [0.717, 1.165) is 30.6 Å². The van der Waals surface area contributed by atoms with Crippen molar-refractivity contribution in [2.45, 2.75) is 26.7 Å². The van der Waals surface area contributed by atoms with E-state index in [4.69, 9.17) is 0 Å². The van der Waals surface area contributed by atoms with Gasteiger partial charge in [-0.1, -0.05) is 6.07 Å². The van der Waals surface area contributed by atoms with Gasteiger partial charge in [-0.15, -0.1) is 0 Å². The van der Waals surface area contributed by atoms with E-state index in [-0.39, 0.29) is 18.4 Å². The van der Waals surface area contributed by atoms with Crippen molar-refractivity contribution in [1.82, 2.24) is 10.2 Å². The lowest BCUT2D eigenvalue weighted by Gasteiger charge is -2.25. The Morgan fingerprint density at radius 3 is 2.86 bits per heavy atom. The summed E-state index contributed by atoms with van der Waals surface area (Å²) < 4.78 is 0. The van der Waals surface area contributed by atoms with Crippen molar-refractivity contribution >= 4 is 17.5 Å². The van der Waals surface area contributed by atoms with Crippen LogP contribution >= 0.6 is 0 Å². The summed E-state index contributed by atoms with van der Waals surface area (Å²) in [6.07, 6.45) is 1.93. The van der Waals surface area contributed by atoms with Crippen molar-refractivity contribution in [3.05, 3.63) is 29.3 Å². The lowest BCUT2D eigenvalue weighted by Crippen LogP contribution is -2.41. The van der Waals surface area contributed by atoms with Gasteiger partial charge in [0.2, 0.25) is 5.91 Å². The predicted octanol–water partition coefficient (Wildman–Crippen LogP) is 1.64. The molecule has 1 aliphatic heterocycles. The quantitative estimate of drug-likeness (QED) is 0.866. The zero-order chi connectivity index (χ0) is 15.2. The zero-order valence-corrected chi connectivity index (χ0v) is 12.7. The van der Waals surface area contributed by atoms with Crippen molar-refractivity contribution in [1.29, 1.82) is 0 Å². The molecule has 0 unspecified atom stereocenters. The van der Waals surface area contributed by atoms with Crippen molar-refractivity contribution in [3.8, 4) is 0 Å². The minimum atomic E-state index is -0.115. The van der Waals surface area contributed by atoms with Crippen LogP contribution in [0.1, 0.15) is 36.2 Å². The molecule has 0 fully saturated rings. The minimum absolute atomic E-state index is 0.0655. The van der Waals surface area contributed by atoms with E-state index < -0.39 is 0 Å². The Balaban J connectivity index is 2.20. The Bertz CT molecular complexity index is 528. The number of benzene rings is 1. The van der Waals surface area contributed by atoms with Gasteiger partial charge in [0.15, 0.2) is 0 Å². The van der Waals surface area contributed by atoms with Crippen molar-refractivity contribution < 1.29 is 9.59 Å². The van der Waals surface area contributed by atoms with Gasteiger partial charge in [-0.2, -0.15) is 0 Å². The van der Waals surface area contributed by atoms with Gasteiger partial charge in [0.05, 0.1) is 6.54 Å². The number of fused-ring (bicyclic) bond motifs is 1. The highest BCUT2D eigenvalue weighted by Gasteiger charge is 2.22. The monoisotopic (exact) mass is 289 g/mol. The molecule has 0 atom stereocenters. The Morgan fingerprint density at radius 2 is 2.14 bits per heavy atom. The zero-order valence-electron chi connectivity index (χ0n) is 12.7. The van der Waals surface area contributed by atoms with Gasteiger partial charge < -0.3 is 15.5 Å². The fourth-order valence-corrected chi connectivity index (χ4v) is 2.63. The molecular formula is C16H23N3O2. The Kier molecular flexibility index (Phi) is 5.20. The van der Waals surface area contributed by atoms with Crippen LogP contribution in [0.4, 0.5) is 5.69 Å². The molecule has 114 valence electrons. The van der Waals surface area contributed by atoms with Crippen LogP contribution in [0.3, 0.4) is 0 Å². The normalized spacial score (nSPS) is 13.0. The summed E-state index contributed by atoms with van der Waals surface area (Å²) in [4.78, 5) is 26.0. The second-order valence-corrected chi connectivity index (χ2v) is 5.13. The molecule has 1 aromatic carbocycles. The Morgan fingerprint density at radius 1 is 1.33 bits per heavy atom. The van der Waals surface area contributed by atoms with E-state index in [1.807, 2.05) is 32.0 Å². The number of nitrogens with zero attached hydrogens (tertiary/aromatic N) is 1. The smallest absolute Gasteiger partial charge is 0.254 e. The molecule has 2 amide bonds. The molecule has 2 N–H and O–H groups in total. The van der Waals surface area contributed by atoms with Crippen LogP contribution in [0.15, 0.2) is 18.2 Å². The van der Waals surface area contributed by atoms with E-state index in [2.05, 4.69) is 10.6 Å². The number of hydrogen-bond donors (Lipinski definition) is 2. The molecule has 5 nitrogen and oxygen atoms in total. The highest BCUT2D eigenvalue weighted by molar-refractivity contribution is 5.99. The number of carbonyl (C=O) groups is 2. The maximum absolute atomic E-state index is 12.7. The summed E-state index contributed by atoms with van der Waals surface area (Å²) in [6, 6.07) is 5.75. The number of nitrogens with one attached hydrogen (secondary N) is 2. The van der Waals surface area contributed by atoms with Crippen molar-refractivity contribution in [2.75, 3.05) is 31.5 Å². The number of carbonyl (C=O) groups excluding carboxylic acids is 2. The predicted molar refractivity (Wildman–Crippen MR) is 83.5 cm³/mol. The van der Waals surface area contributed by atoms with Crippen LogP contribution in [0.5, 0.6) is 0 Å². The fraction of sp³-hybridized carbons (Fsp3) is 0.500. The Labute approximate surface area is 125 Å². The van der Waals surface area contributed by atoms with Gasteiger partial charge in [-0.25, -0.2) is 0 Å². The fourth-order valence-electron chi connectivity index (χ4n) is 2.63. The van der Waals surface area contributed by atoms with Crippen LogP contribution in [-0.4, -0.2) is 42.9 Å². The highest BCUT2D eigenvalue weighted by Crippen LogP contribution is 2.26. The Hall–Kier alpha value is -2.04. The first-order valence-corrected chi connectivity index (χ1v) is 7.59. The maximum atomic E-state index is 12.7. The van der Waals surface area contributed by atoms with E-state index in [1.54, 1.807) is 4.90 Å². The third-order valence-corrected chi connectivity index (χ3v) is 3.70. The molecule has 0 aromatic heterocycles. The molecule has 1 aliphatic rings. The van der Waals surface area contributed by atoms with Crippen LogP contribution in [-0.2, 0) is 11.2 Å². The van der Waals surface area contributed by atoms with Gasteiger partial charge >= 0.3 is 0 Å².